The molecule has 6 heteroatoms. The fourth-order valence-corrected chi connectivity index (χ4v) is 4.90. The Morgan fingerprint density at radius 2 is 0.906 bits per heavy atom. The Morgan fingerprint density at radius 3 is 1.28 bits per heavy atom. The van der Waals surface area contributed by atoms with Gasteiger partial charge in [-0.15, -0.1) is 0 Å². The van der Waals surface area contributed by atoms with Crippen LogP contribution < -0.4 is 18.9 Å². The van der Waals surface area contributed by atoms with Crippen LogP contribution in [0.1, 0.15) is 157 Å². The molecule has 0 aliphatic carbocycles. The normalized spacial score (nSPS) is 12.6. The molecule has 0 spiro atoms. The molecule has 0 heterocycles. The molecule has 0 aromatic heterocycles. The summed E-state index contributed by atoms with van der Waals surface area (Å²) >= 11 is 0. The summed E-state index contributed by atoms with van der Waals surface area (Å²) in [6.07, 6.45) is 24.8. The first-order valence-electron chi connectivity index (χ1n) is 13.6. The number of alkyl halides is 1. The van der Waals surface area contributed by atoms with E-state index in [0.29, 0.717) is 12.8 Å². The fraction of sp³-hybridized carbons (Fsp3) is 1.00. The molecule has 0 fully saturated rings. The van der Waals surface area contributed by atoms with Crippen LogP contribution in [0, 0.1) is 0 Å². The third-order valence-corrected chi connectivity index (χ3v) is 7.45. The van der Waals surface area contributed by atoms with Crippen LogP contribution in [0.3, 0.4) is 0 Å². The van der Waals surface area contributed by atoms with E-state index in [-0.39, 0.29) is 33.3 Å². The molecule has 1 atom stereocenters. The van der Waals surface area contributed by atoms with E-state index < -0.39 is 15.6 Å². The van der Waals surface area contributed by atoms with E-state index in [4.69, 9.17) is 4.18 Å². The summed E-state index contributed by atoms with van der Waals surface area (Å²) in [5.74, 6) is 0. The average molecular weight is 473 g/mol. The number of hydrogen-bond acceptors (Lipinski definition) is 3. The summed E-state index contributed by atoms with van der Waals surface area (Å²) in [5.41, 5.74) is -1.87. The van der Waals surface area contributed by atoms with Gasteiger partial charge in [-0.3, -0.25) is 4.18 Å². The Balaban J connectivity index is -0.00000450. The Morgan fingerprint density at radius 1 is 0.594 bits per heavy atom. The van der Waals surface area contributed by atoms with E-state index in [9.17, 15) is 12.8 Å². The molecular formula is C26H54FLiO3S. The molecule has 0 aliphatic rings. The zero-order valence-electron chi connectivity index (χ0n) is 22.9. The van der Waals surface area contributed by atoms with Crippen LogP contribution >= 0.6 is 0 Å². The molecule has 0 rings (SSSR count). The van der Waals surface area contributed by atoms with E-state index in [1.165, 1.54) is 96.3 Å². The molecule has 0 bridgehead atoms. The molecule has 0 saturated heterocycles. The smallest absolute Gasteiger partial charge is 1.00 e. The molecule has 0 saturated carbocycles. The number of halogens is 1. The SMILES string of the molecule is CCCCCCCCCCCCCCOS(=O)(=O)C(F)CCCCCCCCCCC.[H-].[Li+]. The topological polar surface area (TPSA) is 43.4 Å². The largest absolute Gasteiger partial charge is 1.00 e. The molecule has 3 nitrogen and oxygen atoms in total. The Hall–Kier alpha value is 0.437. The maximum Gasteiger partial charge on any atom is 1.00 e. The van der Waals surface area contributed by atoms with E-state index >= 15 is 0 Å². The summed E-state index contributed by atoms with van der Waals surface area (Å²) in [5, 5.41) is 0. The monoisotopic (exact) mass is 472 g/mol. The number of hydrogen-bond donors (Lipinski definition) is 0. The molecule has 32 heavy (non-hydrogen) atoms. The molecule has 0 N–H and O–H groups in total. The van der Waals surface area contributed by atoms with E-state index in [1.807, 2.05) is 0 Å². The molecule has 0 aromatic carbocycles. The zero-order chi connectivity index (χ0) is 23.0. The average Bonchev–Trinajstić information content (AvgIpc) is 2.75. The predicted octanol–water partition coefficient (Wildman–Crippen LogP) is 6.37. The molecular weight excluding hydrogens is 418 g/mol. The van der Waals surface area contributed by atoms with Gasteiger partial charge in [-0.2, -0.15) is 8.42 Å². The molecule has 1 unspecified atom stereocenters. The van der Waals surface area contributed by atoms with Crippen molar-refractivity contribution in [3.63, 3.8) is 0 Å². The van der Waals surface area contributed by atoms with Gasteiger partial charge in [0.25, 0.3) is 10.1 Å². The first-order valence-corrected chi connectivity index (χ1v) is 15.0. The van der Waals surface area contributed by atoms with Crippen molar-refractivity contribution in [2.24, 2.45) is 0 Å². The Labute approximate surface area is 214 Å². The van der Waals surface area contributed by atoms with Gasteiger partial charge < -0.3 is 1.43 Å². The van der Waals surface area contributed by atoms with Crippen LogP contribution in [0.25, 0.3) is 0 Å². The van der Waals surface area contributed by atoms with Crippen LogP contribution in [0.4, 0.5) is 4.39 Å². The molecule has 0 aromatic rings. The second kappa shape index (κ2) is 26.0. The minimum atomic E-state index is -4.05. The molecule has 190 valence electrons. The van der Waals surface area contributed by atoms with Crippen LogP contribution in [0.5, 0.6) is 0 Å². The third-order valence-electron chi connectivity index (χ3n) is 6.09. The van der Waals surface area contributed by atoms with Crippen LogP contribution in [0.15, 0.2) is 0 Å². The number of rotatable bonds is 25. The predicted molar refractivity (Wildman–Crippen MR) is 134 cm³/mol. The minimum Gasteiger partial charge on any atom is -1.00 e. The van der Waals surface area contributed by atoms with E-state index in [1.54, 1.807) is 0 Å². The van der Waals surface area contributed by atoms with Gasteiger partial charge in [0.05, 0.1) is 6.61 Å². The van der Waals surface area contributed by atoms with Gasteiger partial charge in [-0.1, -0.05) is 136 Å². The van der Waals surface area contributed by atoms with Crippen molar-refractivity contribution in [2.45, 2.75) is 161 Å². The fourth-order valence-electron chi connectivity index (χ4n) is 3.95. The molecule has 0 amide bonds. The first kappa shape index (κ1) is 34.6. The quantitative estimate of drug-likeness (QED) is 0.0881. The summed E-state index contributed by atoms with van der Waals surface area (Å²) in [6.45, 7) is 4.58. The van der Waals surface area contributed by atoms with Crippen molar-refractivity contribution in [3.05, 3.63) is 0 Å². The number of unbranched alkanes of at least 4 members (excludes halogenated alkanes) is 19. The van der Waals surface area contributed by atoms with Crippen molar-refractivity contribution in [1.29, 1.82) is 0 Å². The van der Waals surface area contributed by atoms with Crippen LogP contribution in [0.2, 0.25) is 0 Å². The summed E-state index contributed by atoms with van der Waals surface area (Å²) in [4.78, 5) is 0. The van der Waals surface area contributed by atoms with Crippen molar-refractivity contribution < 1.29 is 37.3 Å². The molecule has 0 aliphatic heterocycles. The Bertz CT molecular complexity index is 466. The Kier molecular flexibility index (Phi) is 28.2. The maximum atomic E-state index is 14.0. The van der Waals surface area contributed by atoms with E-state index in [2.05, 4.69) is 13.8 Å². The van der Waals surface area contributed by atoms with Gasteiger partial charge in [0.15, 0.2) is 0 Å². The first-order chi connectivity index (χ1) is 15.0. The standard InChI is InChI=1S/C26H53FO3S.Li.H/c1-3-5-7-9-11-13-14-15-17-19-21-23-25-30-31(28,29)26(27)24-22-20-18-16-12-10-8-6-4-2;;/h26H,3-25H2,1-2H3;;/q;+1;-1. The van der Waals surface area contributed by atoms with Gasteiger partial charge >= 0.3 is 18.9 Å². The second-order valence-electron chi connectivity index (χ2n) is 9.23. The summed E-state index contributed by atoms with van der Waals surface area (Å²) in [7, 11) is -4.05. The van der Waals surface area contributed by atoms with Crippen LogP contribution in [-0.4, -0.2) is 20.5 Å². The second-order valence-corrected chi connectivity index (χ2v) is 11.0. The summed E-state index contributed by atoms with van der Waals surface area (Å²) < 4.78 is 42.7. The van der Waals surface area contributed by atoms with Gasteiger partial charge in [0.1, 0.15) is 0 Å². The maximum absolute atomic E-state index is 14.0. The van der Waals surface area contributed by atoms with Gasteiger partial charge in [0, 0.05) is 0 Å². The van der Waals surface area contributed by atoms with Gasteiger partial charge in [0.2, 0.25) is 5.50 Å². The van der Waals surface area contributed by atoms with Crippen molar-refractivity contribution >= 4 is 10.1 Å². The molecule has 0 radical (unpaired) electrons. The van der Waals surface area contributed by atoms with Gasteiger partial charge in [-0.25, -0.2) is 4.39 Å². The minimum absolute atomic E-state index is 0. The van der Waals surface area contributed by atoms with Crippen molar-refractivity contribution in [3.8, 4) is 0 Å². The third kappa shape index (κ3) is 23.6. The van der Waals surface area contributed by atoms with Gasteiger partial charge in [-0.05, 0) is 19.3 Å². The summed E-state index contributed by atoms with van der Waals surface area (Å²) in [6, 6.07) is 0. The van der Waals surface area contributed by atoms with E-state index in [0.717, 1.165) is 25.7 Å². The van der Waals surface area contributed by atoms with Crippen LogP contribution in [-0.2, 0) is 14.3 Å². The van der Waals surface area contributed by atoms with Crippen molar-refractivity contribution in [1.82, 2.24) is 0 Å². The van der Waals surface area contributed by atoms with Crippen molar-refractivity contribution in [2.75, 3.05) is 6.61 Å². The zero-order valence-corrected chi connectivity index (χ0v) is 22.7.